The quantitative estimate of drug-likeness (QED) is 0.479. The molecule has 1 aliphatic rings. The summed E-state index contributed by atoms with van der Waals surface area (Å²) in [5.41, 5.74) is 3.87. The van der Waals surface area contributed by atoms with Gasteiger partial charge in [0.15, 0.2) is 5.96 Å². The predicted octanol–water partition coefficient (Wildman–Crippen LogP) is 3.20. The molecule has 0 saturated carbocycles. The lowest BCUT2D eigenvalue weighted by Crippen LogP contribution is -2.38. The fourth-order valence-corrected chi connectivity index (χ4v) is 3.82. The summed E-state index contributed by atoms with van der Waals surface area (Å²) in [6, 6.07) is 15.8. The summed E-state index contributed by atoms with van der Waals surface area (Å²) >= 11 is 0. The SMILES string of the molecule is CCNC(=NCc1ccc(N2CCCCC2=O)cc1)NCCc1cccc(C(=O)N(C)C)c1. The standard InChI is InChI=1S/C26H35N5O2/c1-4-27-26(28-16-15-20-8-7-9-22(18-20)25(33)30(2)3)29-19-21-11-13-23(14-12-21)31-17-6-5-10-24(31)32/h7-9,11-14,18H,4-6,10,15-17,19H2,1-3H3,(H2,27,28,29). The lowest BCUT2D eigenvalue weighted by Gasteiger charge is -2.26. The van der Waals surface area contributed by atoms with Gasteiger partial charge in [-0.05, 0) is 61.6 Å². The molecule has 1 heterocycles. The van der Waals surface area contributed by atoms with E-state index >= 15 is 0 Å². The zero-order chi connectivity index (χ0) is 23.6. The summed E-state index contributed by atoms with van der Waals surface area (Å²) in [5.74, 6) is 0.978. The van der Waals surface area contributed by atoms with Gasteiger partial charge in [0.05, 0.1) is 6.54 Å². The van der Waals surface area contributed by atoms with Crippen LogP contribution in [-0.2, 0) is 17.8 Å². The van der Waals surface area contributed by atoms with Crippen LogP contribution in [-0.4, -0.2) is 56.4 Å². The van der Waals surface area contributed by atoms with E-state index in [0.29, 0.717) is 25.1 Å². The molecule has 0 atom stereocenters. The molecule has 0 unspecified atom stereocenters. The van der Waals surface area contributed by atoms with Crippen LogP contribution in [0, 0.1) is 0 Å². The van der Waals surface area contributed by atoms with Crippen molar-refractivity contribution in [2.45, 2.75) is 39.2 Å². The van der Waals surface area contributed by atoms with Crippen molar-refractivity contribution in [1.82, 2.24) is 15.5 Å². The smallest absolute Gasteiger partial charge is 0.253 e. The average molecular weight is 450 g/mol. The van der Waals surface area contributed by atoms with E-state index in [0.717, 1.165) is 55.1 Å². The molecular formula is C26H35N5O2. The molecule has 7 nitrogen and oxygen atoms in total. The number of aliphatic imine (C=N–C) groups is 1. The first kappa shape index (κ1) is 24.3. The molecule has 3 rings (SSSR count). The van der Waals surface area contributed by atoms with Crippen molar-refractivity contribution in [3.63, 3.8) is 0 Å². The molecular weight excluding hydrogens is 414 g/mol. The number of anilines is 1. The number of hydrogen-bond acceptors (Lipinski definition) is 3. The third-order valence-corrected chi connectivity index (χ3v) is 5.62. The minimum absolute atomic E-state index is 0.00961. The van der Waals surface area contributed by atoms with Crippen molar-refractivity contribution < 1.29 is 9.59 Å². The molecule has 2 amide bonds. The minimum Gasteiger partial charge on any atom is -0.357 e. The Labute approximate surface area is 196 Å². The monoisotopic (exact) mass is 449 g/mol. The number of nitrogens with zero attached hydrogens (tertiary/aromatic N) is 3. The molecule has 1 aliphatic heterocycles. The van der Waals surface area contributed by atoms with E-state index in [4.69, 9.17) is 4.99 Å². The first-order valence-electron chi connectivity index (χ1n) is 11.7. The molecule has 2 aromatic carbocycles. The van der Waals surface area contributed by atoms with E-state index in [1.165, 1.54) is 0 Å². The highest BCUT2D eigenvalue weighted by Crippen LogP contribution is 2.21. The van der Waals surface area contributed by atoms with Crippen molar-refractivity contribution in [3.05, 3.63) is 65.2 Å². The van der Waals surface area contributed by atoms with Crippen LogP contribution in [0.15, 0.2) is 53.5 Å². The topological polar surface area (TPSA) is 77.0 Å². The second kappa shape index (κ2) is 12.0. The minimum atomic E-state index is 0.00961. The Bertz CT molecular complexity index is 969. The van der Waals surface area contributed by atoms with Crippen LogP contribution < -0.4 is 15.5 Å². The Morgan fingerprint density at radius 3 is 2.55 bits per heavy atom. The van der Waals surface area contributed by atoms with Crippen LogP contribution >= 0.6 is 0 Å². The number of nitrogens with one attached hydrogen (secondary N) is 2. The summed E-state index contributed by atoms with van der Waals surface area (Å²) in [6.07, 6.45) is 3.48. The van der Waals surface area contributed by atoms with Gasteiger partial charge in [0.25, 0.3) is 5.91 Å². The maximum absolute atomic E-state index is 12.2. The summed E-state index contributed by atoms with van der Waals surface area (Å²) in [6.45, 7) is 4.88. The van der Waals surface area contributed by atoms with E-state index in [2.05, 4.69) is 10.6 Å². The Hall–Kier alpha value is -3.35. The summed E-state index contributed by atoms with van der Waals surface area (Å²) in [7, 11) is 3.52. The Balaban J connectivity index is 1.55. The zero-order valence-corrected chi connectivity index (χ0v) is 19.9. The second-order valence-electron chi connectivity index (χ2n) is 8.44. The highest BCUT2D eigenvalue weighted by atomic mass is 16.2. The van der Waals surface area contributed by atoms with E-state index < -0.39 is 0 Å². The molecule has 0 bridgehead atoms. The molecule has 176 valence electrons. The first-order valence-corrected chi connectivity index (χ1v) is 11.7. The lowest BCUT2D eigenvalue weighted by molar-refractivity contribution is -0.119. The maximum atomic E-state index is 12.2. The number of piperidine rings is 1. The highest BCUT2D eigenvalue weighted by molar-refractivity contribution is 5.94. The number of hydrogen-bond donors (Lipinski definition) is 2. The summed E-state index contributed by atoms with van der Waals surface area (Å²) in [5, 5.41) is 6.65. The molecule has 2 aromatic rings. The molecule has 0 radical (unpaired) electrons. The van der Waals surface area contributed by atoms with Crippen LogP contribution in [0.2, 0.25) is 0 Å². The van der Waals surface area contributed by atoms with Gasteiger partial charge in [0.2, 0.25) is 5.91 Å². The summed E-state index contributed by atoms with van der Waals surface area (Å²) in [4.78, 5) is 32.5. The number of rotatable bonds is 8. The fourth-order valence-electron chi connectivity index (χ4n) is 3.82. The van der Waals surface area contributed by atoms with Crippen molar-refractivity contribution >= 4 is 23.5 Å². The fraction of sp³-hybridized carbons (Fsp3) is 0.423. The molecule has 2 N–H and O–H groups in total. The van der Waals surface area contributed by atoms with E-state index in [1.807, 2.05) is 60.4 Å². The normalized spacial score (nSPS) is 14.2. The van der Waals surface area contributed by atoms with Crippen LogP contribution in [0.3, 0.4) is 0 Å². The molecule has 0 spiro atoms. The van der Waals surface area contributed by atoms with Crippen molar-refractivity contribution in [2.24, 2.45) is 4.99 Å². The number of carbonyl (C=O) groups is 2. The van der Waals surface area contributed by atoms with Crippen LogP contribution in [0.4, 0.5) is 5.69 Å². The van der Waals surface area contributed by atoms with E-state index in [-0.39, 0.29) is 11.8 Å². The van der Waals surface area contributed by atoms with Gasteiger partial charge >= 0.3 is 0 Å². The predicted molar refractivity (Wildman–Crippen MR) is 134 cm³/mol. The van der Waals surface area contributed by atoms with Gasteiger partial charge in [-0.1, -0.05) is 24.3 Å². The van der Waals surface area contributed by atoms with Crippen LogP contribution in [0.25, 0.3) is 0 Å². The molecule has 0 aliphatic carbocycles. The van der Waals surface area contributed by atoms with Crippen LogP contribution in [0.5, 0.6) is 0 Å². The first-order chi connectivity index (χ1) is 16.0. The third-order valence-electron chi connectivity index (χ3n) is 5.62. The van der Waals surface area contributed by atoms with Gasteiger partial charge in [-0.25, -0.2) is 4.99 Å². The highest BCUT2D eigenvalue weighted by Gasteiger charge is 2.19. The molecule has 33 heavy (non-hydrogen) atoms. The number of benzene rings is 2. The number of guanidine groups is 1. The van der Waals surface area contributed by atoms with Crippen molar-refractivity contribution in [2.75, 3.05) is 38.6 Å². The average Bonchev–Trinajstić information content (AvgIpc) is 2.83. The third kappa shape index (κ3) is 7.07. The van der Waals surface area contributed by atoms with Crippen molar-refractivity contribution in [1.29, 1.82) is 0 Å². The molecule has 1 fully saturated rings. The number of amides is 2. The molecule has 7 heteroatoms. The second-order valence-corrected chi connectivity index (χ2v) is 8.44. The van der Waals surface area contributed by atoms with Gasteiger partial charge in [-0.2, -0.15) is 0 Å². The van der Waals surface area contributed by atoms with Gasteiger partial charge < -0.3 is 20.4 Å². The van der Waals surface area contributed by atoms with E-state index in [9.17, 15) is 9.59 Å². The number of carbonyl (C=O) groups excluding carboxylic acids is 2. The Morgan fingerprint density at radius 1 is 1.06 bits per heavy atom. The van der Waals surface area contributed by atoms with Crippen molar-refractivity contribution in [3.8, 4) is 0 Å². The Morgan fingerprint density at radius 2 is 1.85 bits per heavy atom. The largest absolute Gasteiger partial charge is 0.357 e. The van der Waals surface area contributed by atoms with Gasteiger partial charge in [0.1, 0.15) is 0 Å². The van der Waals surface area contributed by atoms with Gasteiger partial charge in [-0.15, -0.1) is 0 Å². The molecule has 0 aromatic heterocycles. The maximum Gasteiger partial charge on any atom is 0.253 e. The summed E-state index contributed by atoms with van der Waals surface area (Å²) < 4.78 is 0. The zero-order valence-electron chi connectivity index (χ0n) is 19.9. The Kier molecular flexibility index (Phi) is 8.87. The lowest BCUT2D eigenvalue weighted by atomic mass is 10.1. The van der Waals surface area contributed by atoms with Crippen LogP contribution in [0.1, 0.15) is 47.7 Å². The van der Waals surface area contributed by atoms with E-state index in [1.54, 1.807) is 19.0 Å². The molecule has 1 saturated heterocycles. The van der Waals surface area contributed by atoms with Gasteiger partial charge in [0, 0.05) is 51.4 Å². The van der Waals surface area contributed by atoms with Gasteiger partial charge in [-0.3, -0.25) is 9.59 Å².